The highest BCUT2D eigenvalue weighted by Gasteiger charge is 2.43. The molecule has 1 aliphatic heterocycles. The monoisotopic (exact) mass is 508 g/mol. The minimum atomic E-state index is -1.66. The Morgan fingerprint density at radius 1 is 1.25 bits per heavy atom. The number of hydrogen-bond donors (Lipinski definition) is 1. The van der Waals surface area contributed by atoms with Crippen molar-refractivity contribution in [2.24, 2.45) is 0 Å². The van der Waals surface area contributed by atoms with Crippen LogP contribution in [0.1, 0.15) is 25.3 Å². The van der Waals surface area contributed by atoms with E-state index < -0.39 is 23.3 Å². The molecular formula is C21H23BrF2N6O2. The number of halogens is 3. The number of nitrogens with zero attached hydrogens (tertiary/aromatic N) is 6. The van der Waals surface area contributed by atoms with Crippen molar-refractivity contribution in [2.75, 3.05) is 13.1 Å². The van der Waals surface area contributed by atoms with Gasteiger partial charge in [-0.25, -0.2) is 28.4 Å². The first-order valence-corrected chi connectivity index (χ1v) is 11.0. The lowest BCUT2D eigenvalue weighted by molar-refractivity contribution is -0.0750. The van der Waals surface area contributed by atoms with Crippen molar-refractivity contribution in [2.45, 2.75) is 44.1 Å². The van der Waals surface area contributed by atoms with Crippen molar-refractivity contribution in [3.8, 4) is 6.01 Å². The van der Waals surface area contributed by atoms with Crippen LogP contribution in [0, 0.1) is 11.6 Å². The van der Waals surface area contributed by atoms with E-state index in [4.69, 9.17) is 4.74 Å². The van der Waals surface area contributed by atoms with Crippen LogP contribution in [0.3, 0.4) is 0 Å². The number of rotatable bonds is 7. The van der Waals surface area contributed by atoms with Gasteiger partial charge in [-0.15, -0.1) is 0 Å². The largest absolute Gasteiger partial charge is 0.460 e. The summed E-state index contributed by atoms with van der Waals surface area (Å²) in [6, 6.07) is 3.05. The molecule has 32 heavy (non-hydrogen) atoms. The smallest absolute Gasteiger partial charge is 0.316 e. The molecule has 1 fully saturated rings. The maximum absolute atomic E-state index is 14.7. The van der Waals surface area contributed by atoms with E-state index >= 15 is 0 Å². The molecule has 0 spiro atoms. The van der Waals surface area contributed by atoms with Crippen molar-refractivity contribution in [3.05, 3.63) is 64.9 Å². The van der Waals surface area contributed by atoms with E-state index in [0.717, 1.165) is 16.6 Å². The Morgan fingerprint density at radius 2 is 1.97 bits per heavy atom. The van der Waals surface area contributed by atoms with Crippen LogP contribution in [-0.2, 0) is 12.1 Å². The van der Waals surface area contributed by atoms with Crippen LogP contribution >= 0.6 is 15.9 Å². The summed E-state index contributed by atoms with van der Waals surface area (Å²) in [6.07, 6.45) is 7.37. The SMILES string of the molecule is C[C@@H](N1CCC(Oc2ncc(Br)cn2)CC1)[C@](O)(Cn1cncn1)c1ccc(F)cc1F. The second kappa shape index (κ2) is 9.55. The Labute approximate surface area is 192 Å². The molecule has 1 saturated heterocycles. The van der Waals surface area contributed by atoms with E-state index in [1.165, 1.54) is 23.4 Å². The minimum absolute atomic E-state index is 0.0172. The van der Waals surface area contributed by atoms with Gasteiger partial charge in [0.1, 0.15) is 36.0 Å². The average molecular weight is 509 g/mol. The van der Waals surface area contributed by atoms with Gasteiger partial charge < -0.3 is 9.84 Å². The number of aromatic nitrogens is 5. The Kier molecular flexibility index (Phi) is 6.77. The summed E-state index contributed by atoms with van der Waals surface area (Å²) in [6.45, 7) is 3.04. The molecule has 0 bridgehead atoms. The molecule has 0 aliphatic carbocycles. The Hall–Kier alpha value is -2.50. The maximum Gasteiger partial charge on any atom is 0.316 e. The highest BCUT2D eigenvalue weighted by Crippen LogP contribution is 2.34. The maximum atomic E-state index is 14.7. The molecule has 170 valence electrons. The van der Waals surface area contributed by atoms with Crippen LogP contribution < -0.4 is 4.74 Å². The molecule has 1 aliphatic rings. The summed E-state index contributed by atoms with van der Waals surface area (Å²) < 4.78 is 36.3. The number of hydrogen-bond acceptors (Lipinski definition) is 7. The number of piperidine rings is 1. The lowest BCUT2D eigenvalue weighted by Gasteiger charge is -2.44. The highest BCUT2D eigenvalue weighted by molar-refractivity contribution is 9.10. The standard InChI is InChI=1S/C21H23BrF2N6O2/c1-14(29-6-4-17(5-7-29)32-20-26-9-15(22)10-27-20)21(31,11-30-13-25-12-28-30)18-3-2-16(23)8-19(18)24/h2-3,8-10,12-14,17,31H,4-7,11H2,1H3/t14-,21-/m1/s1. The zero-order valence-electron chi connectivity index (χ0n) is 17.4. The molecule has 3 aromatic rings. The molecule has 3 heterocycles. The van der Waals surface area contributed by atoms with Crippen LogP contribution in [0.5, 0.6) is 6.01 Å². The molecular weight excluding hydrogens is 486 g/mol. The van der Waals surface area contributed by atoms with Gasteiger partial charge in [0.05, 0.1) is 11.0 Å². The van der Waals surface area contributed by atoms with Gasteiger partial charge in [-0.05, 0) is 41.8 Å². The first-order chi connectivity index (χ1) is 15.3. The molecule has 0 radical (unpaired) electrons. The fourth-order valence-electron chi connectivity index (χ4n) is 4.04. The van der Waals surface area contributed by atoms with E-state index in [1.807, 2.05) is 6.92 Å². The van der Waals surface area contributed by atoms with Gasteiger partial charge in [0.25, 0.3) is 0 Å². The van der Waals surface area contributed by atoms with Crippen LogP contribution in [-0.4, -0.2) is 60.0 Å². The zero-order valence-corrected chi connectivity index (χ0v) is 19.0. The summed E-state index contributed by atoms with van der Waals surface area (Å²) in [5.41, 5.74) is -1.64. The van der Waals surface area contributed by atoms with Gasteiger partial charge in [-0.1, -0.05) is 6.07 Å². The highest BCUT2D eigenvalue weighted by atomic mass is 79.9. The Balaban J connectivity index is 1.50. The quantitative estimate of drug-likeness (QED) is 0.524. The predicted molar refractivity (Wildman–Crippen MR) is 115 cm³/mol. The lowest BCUT2D eigenvalue weighted by atomic mass is 9.84. The molecule has 11 heteroatoms. The summed E-state index contributed by atoms with van der Waals surface area (Å²) in [5, 5.41) is 15.8. The summed E-state index contributed by atoms with van der Waals surface area (Å²) in [4.78, 5) is 14.3. The molecule has 0 unspecified atom stereocenters. The minimum Gasteiger partial charge on any atom is -0.460 e. The van der Waals surface area contributed by atoms with E-state index in [2.05, 4.69) is 40.9 Å². The molecule has 4 rings (SSSR count). The summed E-state index contributed by atoms with van der Waals surface area (Å²) in [7, 11) is 0. The van der Waals surface area contributed by atoms with Crippen molar-refractivity contribution >= 4 is 15.9 Å². The van der Waals surface area contributed by atoms with Gasteiger partial charge in [0.15, 0.2) is 0 Å². The second-order valence-electron chi connectivity index (χ2n) is 7.85. The molecule has 0 saturated carbocycles. The van der Waals surface area contributed by atoms with E-state index in [9.17, 15) is 13.9 Å². The first-order valence-electron chi connectivity index (χ1n) is 10.2. The van der Waals surface area contributed by atoms with Crippen molar-refractivity contribution < 1.29 is 18.6 Å². The fraction of sp³-hybridized carbons (Fsp3) is 0.429. The third-order valence-electron chi connectivity index (χ3n) is 5.85. The molecule has 8 nitrogen and oxygen atoms in total. The third kappa shape index (κ3) is 4.94. The average Bonchev–Trinajstić information content (AvgIpc) is 3.28. The van der Waals surface area contributed by atoms with Gasteiger partial charge in [0.2, 0.25) is 0 Å². The second-order valence-corrected chi connectivity index (χ2v) is 8.77. The van der Waals surface area contributed by atoms with Gasteiger partial charge in [-0.3, -0.25) is 4.90 Å². The van der Waals surface area contributed by atoms with Crippen molar-refractivity contribution in [1.29, 1.82) is 0 Å². The molecule has 1 N–H and O–H groups in total. The normalized spacial score (nSPS) is 18.3. The third-order valence-corrected chi connectivity index (χ3v) is 6.26. The first kappa shape index (κ1) is 22.7. The van der Waals surface area contributed by atoms with Crippen LogP contribution in [0.2, 0.25) is 0 Å². The Bertz CT molecular complexity index is 1030. The Morgan fingerprint density at radius 3 is 2.59 bits per heavy atom. The van der Waals surface area contributed by atoms with Gasteiger partial charge in [0, 0.05) is 43.2 Å². The van der Waals surface area contributed by atoms with Crippen molar-refractivity contribution in [1.82, 2.24) is 29.6 Å². The molecule has 1 aromatic carbocycles. The lowest BCUT2D eigenvalue weighted by Crippen LogP contribution is -2.54. The van der Waals surface area contributed by atoms with Crippen molar-refractivity contribution in [3.63, 3.8) is 0 Å². The molecule has 2 atom stereocenters. The van der Waals surface area contributed by atoms with Crippen LogP contribution in [0.15, 0.2) is 47.7 Å². The van der Waals surface area contributed by atoms with Gasteiger partial charge >= 0.3 is 6.01 Å². The molecule has 2 aromatic heterocycles. The zero-order chi connectivity index (χ0) is 22.7. The van der Waals surface area contributed by atoms with E-state index in [0.29, 0.717) is 31.9 Å². The molecule has 0 amide bonds. The van der Waals surface area contributed by atoms with Crippen LogP contribution in [0.25, 0.3) is 0 Å². The predicted octanol–water partition coefficient (Wildman–Crippen LogP) is 2.93. The van der Waals surface area contributed by atoms with E-state index in [1.54, 1.807) is 12.4 Å². The summed E-state index contributed by atoms with van der Waals surface area (Å²) >= 11 is 3.29. The topological polar surface area (TPSA) is 89.2 Å². The number of aliphatic hydroxyl groups is 1. The number of ether oxygens (including phenoxy) is 1. The van der Waals surface area contributed by atoms with E-state index in [-0.39, 0.29) is 18.2 Å². The number of benzene rings is 1. The fourth-order valence-corrected chi connectivity index (χ4v) is 4.24. The van der Waals surface area contributed by atoms with Gasteiger partial charge in [-0.2, -0.15) is 5.10 Å². The number of likely N-dealkylation sites (tertiary alicyclic amines) is 1. The van der Waals surface area contributed by atoms with Crippen LogP contribution in [0.4, 0.5) is 8.78 Å². The summed E-state index contributed by atoms with van der Waals surface area (Å²) in [5.74, 6) is -1.50.